The first-order valence-electron chi connectivity index (χ1n) is 10.4. The van der Waals surface area contributed by atoms with Crippen molar-refractivity contribution in [2.75, 3.05) is 5.32 Å². The zero-order valence-corrected chi connectivity index (χ0v) is 18.1. The molecule has 0 aliphatic heterocycles. The number of hydrogen-bond acceptors (Lipinski definition) is 3. The summed E-state index contributed by atoms with van der Waals surface area (Å²) in [6.07, 6.45) is 1.51. The molecule has 0 fully saturated rings. The average molecular weight is 411 g/mol. The molecule has 3 aromatic carbocycles. The summed E-state index contributed by atoms with van der Waals surface area (Å²) in [4.78, 5) is 17.5. The van der Waals surface area contributed by atoms with Crippen LogP contribution in [0, 0.1) is 20.8 Å². The number of aromatic nitrogens is 3. The molecule has 0 radical (unpaired) electrons. The first-order valence-corrected chi connectivity index (χ1v) is 10.4. The number of carbonyl (C=O) groups excluding carboxylic acids is 1. The van der Waals surface area contributed by atoms with Crippen molar-refractivity contribution >= 4 is 11.6 Å². The maximum Gasteiger partial charge on any atom is 0.295 e. The topological polar surface area (TPSA) is 59.8 Å². The van der Waals surface area contributed by atoms with Crippen LogP contribution in [0.5, 0.6) is 0 Å². The minimum atomic E-state index is -0.308. The lowest BCUT2D eigenvalue weighted by atomic mass is 10.1. The average Bonchev–Trinajstić information content (AvgIpc) is 3.17. The summed E-state index contributed by atoms with van der Waals surface area (Å²) in [6.45, 7) is 6.06. The van der Waals surface area contributed by atoms with Gasteiger partial charge >= 0.3 is 0 Å². The molecular weight excluding hydrogens is 384 g/mol. The zero-order chi connectivity index (χ0) is 21.8. The highest BCUT2D eigenvalue weighted by Crippen LogP contribution is 2.17. The standard InChI is InChI=1S/C26H26N4O/c1-18-8-7-11-23(17-18)30-24(13-12-21-9-5-4-6-10-21)28-25(29-30)26(31)27-22-15-19(2)14-20(3)16-22/h4-11,14-17H,12-13H2,1-3H3,(H,27,31). The molecule has 156 valence electrons. The van der Waals surface area contributed by atoms with Gasteiger partial charge < -0.3 is 5.32 Å². The monoisotopic (exact) mass is 410 g/mol. The van der Waals surface area contributed by atoms with Crippen molar-refractivity contribution in [3.8, 4) is 5.69 Å². The fourth-order valence-electron chi connectivity index (χ4n) is 3.70. The fraction of sp³-hybridized carbons (Fsp3) is 0.192. The molecular formula is C26H26N4O. The van der Waals surface area contributed by atoms with Gasteiger partial charge in [-0.25, -0.2) is 9.67 Å². The van der Waals surface area contributed by atoms with Crippen LogP contribution >= 0.6 is 0 Å². The van der Waals surface area contributed by atoms with Crippen LogP contribution in [-0.2, 0) is 12.8 Å². The molecule has 4 rings (SSSR count). The van der Waals surface area contributed by atoms with Crippen LogP contribution < -0.4 is 5.32 Å². The molecule has 1 heterocycles. The Labute approximate surface area is 182 Å². The lowest BCUT2D eigenvalue weighted by molar-refractivity contribution is 0.101. The SMILES string of the molecule is Cc1cc(C)cc(NC(=O)c2nc(CCc3ccccc3)n(-c3cccc(C)c3)n2)c1. The number of nitrogens with zero attached hydrogens (tertiary/aromatic N) is 3. The molecule has 4 aromatic rings. The van der Waals surface area contributed by atoms with E-state index < -0.39 is 0 Å². The Bertz CT molecular complexity index is 1190. The van der Waals surface area contributed by atoms with Crippen LogP contribution in [0.1, 0.15) is 38.7 Å². The number of benzene rings is 3. The predicted molar refractivity (Wildman–Crippen MR) is 124 cm³/mol. The number of amides is 1. The van der Waals surface area contributed by atoms with Crippen LogP contribution in [0.25, 0.3) is 5.69 Å². The molecule has 0 atom stereocenters. The normalized spacial score (nSPS) is 10.8. The predicted octanol–water partition coefficient (Wildman–Crippen LogP) is 5.23. The molecule has 1 aromatic heterocycles. The highest BCUT2D eigenvalue weighted by Gasteiger charge is 2.18. The first kappa shape index (κ1) is 20.5. The highest BCUT2D eigenvalue weighted by atomic mass is 16.2. The molecule has 0 unspecified atom stereocenters. The lowest BCUT2D eigenvalue weighted by Gasteiger charge is -2.07. The molecule has 0 saturated carbocycles. The van der Waals surface area contributed by atoms with E-state index in [2.05, 4.69) is 33.6 Å². The Morgan fingerprint density at radius 1 is 0.839 bits per heavy atom. The van der Waals surface area contributed by atoms with Gasteiger partial charge in [-0.3, -0.25) is 4.79 Å². The van der Waals surface area contributed by atoms with Crippen molar-refractivity contribution in [2.24, 2.45) is 0 Å². The van der Waals surface area contributed by atoms with Gasteiger partial charge in [0.1, 0.15) is 5.82 Å². The Hall–Kier alpha value is -3.73. The van der Waals surface area contributed by atoms with Gasteiger partial charge in [0.2, 0.25) is 5.82 Å². The minimum absolute atomic E-state index is 0.170. The summed E-state index contributed by atoms with van der Waals surface area (Å²) in [7, 11) is 0. The van der Waals surface area contributed by atoms with Gasteiger partial charge in [-0.15, -0.1) is 5.10 Å². The Balaban J connectivity index is 1.64. The molecule has 5 nitrogen and oxygen atoms in total. The summed E-state index contributed by atoms with van der Waals surface area (Å²) in [5.41, 5.74) is 6.20. The van der Waals surface area contributed by atoms with Gasteiger partial charge in [0.05, 0.1) is 5.69 Å². The third-order valence-corrected chi connectivity index (χ3v) is 5.08. The summed E-state index contributed by atoms with van der Waals surface area (Å²) >= 11 is 0. The summed E-state index contributed by atoms with van der Waals surface area (Å²) in [5.74, 6) is 0.626. The number of nitrogens with one attached hydrogen (secondary N) is 1. The third kappa shape index (κ3) is 5.07. The van der Waals surface area contributed by atoms with Crippen LogP contribution in [0.15, 0.2) is 72.8 Å². The van der Waals surface area contributed by atoms with Gasteiger partial charge in [0.15, 0.2) is 0 Å². The van der Waals surface area contributed by atoms with Gasteiger partial charge in [0.25, 0.3) is 5.91 Å². The molecule has 0 bridgehead atoms. The Morgan fingerprint density at radius 2 is 1.58 bits per heavy atom. The number of anilines is 1. The molecule has 31 heavy (non-hydrogen) atoms. The summed E-state index contributed by atoms with van der Waals surface area (Å²) in [5, 5.41) is 7.51. The second-order valence-corrected chi connectivity index (χ2v) is 7.92. The molecule has 1 N–H and O–H groups in total. The van der Waals surface area contributed by atoms with Crippen LogP contribution in [0.2, 0.25) is 0 Å². The largest absolute Gasteiger partial charge is 0.319 e. The molecule has 0 spiro atoms. The fourth-order valence-corrected chi connectivity index (χ4v) is 3.70. The minimum Gasteiger partial charge on any atom is -0.319 e. The van der Waals surface area contributed by atoms with E-state index in [0.29, 0.717) is 6.42 Å². The molecule has 5 heteroatoms. The Morgan fingerprint density at radius 3 is 2.29 bits per heavy atom. The van der Waals surface area contributed by atoms with Crippen molar-refractivity contribution in [1.29, 1.82) is 0 Å². The Kier molecular flexibility index (Phi) is 5.94. The van der Waals surface area contributed by atoms with Gasteiger partial charge in [0, 0.05) is 12.1 Å². The first-order chi connectivity index (χ1) is 15.0. The van der Waals surface area contributed by atoms with Crippen LogP contribution in [-0.4, -0.2) is 20.7 Å². The van der Waals surface area contributed by atoms with Crippen LogP contribution in [0.4, 0.5) is 5.69 Å². The maximum atomic E-state index is 12.9. The molecule has 0 saturated heterocycles. The van der Waals surface area contributed by atoms with Gasteiger partial charge in [-0.1, -0.05) is 48.5 Å². The lowest BCUT2D eigenvalue weighted by Crippen LogP contribution is -2.14. The highest BCUT2D eigenvalue weighted by molar-refractivity contribution is 6.01. The maximum absolute atomic E-state index is 12.9. The third-order valence-electron chi connectivity index (χ3n) is 5.08. The van der Waals surface area contributed by atoms with Crippen molar-refractivity contribution in [3.63, 3.8) is 0 Å². The van der Waals surface area contributed by atoms with Crippen molar-refractivity contribution in [3.05, 3.63) is 107 Å². The number of rotatable bonds is 6. The van der Waals surface area contributed by atoms with E-state index in [0.717, 1.165) is 40.3 Å². The zero-order valence-electron chi connectivity index (χ0n) is 18.1. The van der Waals surface area contributed by atoms with E-state index in [4.69, 9.17) is 0 Å². The van der Waals surface area contributed by atoms with E-state index in [1.54, 1.807) is 4.68 Å². The second kappa shape index (κ2) is 8.96. The van der Waals surface area contributed by atoms with E-state index in [-0.39, 0.29) is 11.7 Å². The molecule has 0 aliphatic rings. The number of hydrogen-bond donors (Lipinski definition) is 1. The van der Waals surface area contributed by atoms with Crippen molar-refractivity contribution in [1.82, 2.24) is 14.8 Å². The van der Waals surface area contributed by atoms with Crippen molar-refractivity contribution in [2.45, 2.75) is 33.6 Å². The van der Waals surface area contributed by atoms with Gasteiger partial charge in [-0.05, 0) is 73.7 Å². The van der Waals surface area contributed by atoms with Crippen molar-refractivity contribution < 1.29 is 4.79 Å². The van der Waals surface area contributed by atoms with Gasteiger partial charge in [-0.2, -0.15) is 0 Å². The second-order valence-electron chi connectivity index (χ2n) is 7.92. The quantitative estimate of drug-likeness (QED) is 0.473. The van der Waals surface area contributed by atoms with E-state index in [1.807, 2.05) is 75.4 Å². The molecule has 1 amide bonds. The van der Waals surface area contributed by atoms with E-state index in [1.165, 1.54) is 5.56 Å². The summed E-state index contributed by atoms with van der Waals surface area (Å²) < 4.78 is 1.78. The van der Waals surface area contributed by atoms with E-state index >= 15 is 0 Å². The smallest absolute Gasteiger partial charge is 0.295 e. The number of aryl methyl sites for hydroxylation is 5. The number of carbonyl (C=O) groups is 1. The molecule has 0 aliphatic carbocycles. The van der Waals surface area contributed by atoms with Crippen LogP contribution in [0.3, 0.4) is 0 Å². The van der Waals surface area contributed by atoms with E-state index in [9.17, 15) is 4.79 Å². The summed E-state index contributed by atoms with van der Waals surface area (Å²) in [6, 6.07) is 24.3.